The van der Waals surface area contributed by atoms with E-state index in [2.05, 4.69) is 41.5 Å². The molecular weight excluding hydrogens is 540 g/mol. The number of carbonyl (C=O) groups is 3. The second kappa shape index (κ2) is 33.8. The van der Waals surface area contributed by atoms with Gasteiger partial charge < -0.3 is 30.6 Å². The van der Waals surface area contributed by atoms with Crippen LogP contribution >= 0.6 is 0 Å². The molecule has 42 heavy (non-hydrogen) atoms. The normalized spacial score (nSPS) is 10.8. The number of carboxylic acids is 3. The third kappa shape index (κ3) is 45.3. The van der Waals surface area contributed by atoms with E-state index in [1.807, 2.05) is 6.92 Å². The smallest absolute Gasteiger partial charge is 0.303 e. The average molecular weight is 609 g/mol. The van der Waals surface area contributed by atoms with Crippen molar-refractivity contribution in [2.24, 2.45) is 23.2 Å². The van der Waals surface area contributed by atoms with Crippen molar-refractivity contribution in [3.8, 4) is 0 Å². The minimum Gasteiger partial charge on any atom is -0.481 e. The van der Waals surface area contributed by atoms with Gasteiger partial charge in [-0.3, -0.25) is 14.4 Å². The number of aliphatic hydroxyl groups excluding tert-OH is 3. The fourth-order valence-electron chi connectivity index (χ4n) is 3.50. The maximum Gasteiger partial charge on any atom is 0.303 e. The lowest BCUT2D eigenvalue weighted by Gasteiger charge is -2.24. The molecule has 0 aliphatic heterocycles. The predicted molar refractivity (Wildman–Crippen MR) is 171 cm³/mol. The molecule has 0 aromatic carbocycles. The Morgan fingerprint density at radius 2 is 0.714 bits per heavy atom. The summed E-state index contributed by atoms with van der Waals surface area (Å²) < 4.78 is 0. The zero-order chi connectivity index (χ0) is 33.4. The third-order valence-corrected chi connectivity index (χ3v) is 6.77. The monoisotopic (exact) mass is 608 g/mol. The molecule has 0 fully saturated rings. The molecule has 254 valence electrons. The fraction of sp³-hybridized carbons (Fsp3) is 0.909. The lowest BCUT2D eigenvalue weighted by atomic mass is 9.88. The number of hydrogen-bond donors (Lipinski definition) is 6. The molecule has 0 saturated heterocycles. The number of aliphatic carboxylic acids is 3. The Hall–Kier alpha value is -1.71. The van der Waals surface area contributed by atoms with Crippen molar-refractivity contribution in [3.63, 3.8) is 0 Å². The highest BCUT2D eigenvalue weighted by molar-refractivity contribution is 5.67. The van der Waals surface area contributed by atoms with Crippen molar-refractivity contribution in [1.82, 2.24) is 0 Å². The van der Waals surface area contributed by atoms with Gasteiger partial charge in [-0.05, 0) is 43.4 Å². The summed E-state index contributed by atoms with van der Waals surface area (Å²) in [5.41, 5.74) is -0.667. The first-order valence-electron chi connectivity index (χ1n) is 16.1. The molecule has 0 radical (unpaired) electrons. The SMILES string of the molecule is CC(C)CCCCCC(=O)O.CC(C)CCCCCC(=O)O.CC(C)CCCCCC(=O)O.CCC(CO)(CO)CO. The summed E-state index contributed by atoms with van der Waals surface area (Å²) in [7, 11) is 0. The first-order chi connectivity index (χ1) is 19.6. The van der Waals surface area contributed by atoms with Gasteiger partial charge in [0, 0.05) is 24.7 Å². The van der Waals surface area contributed by atoms with E-state index in [1.165, 1.54) is 38.5 Å². The molecule has 6 N–H and O–H groups in total. The first-order valence-corrected chi connectivity index (χ1v) is 16.1. The minimum absolute atomic E-state index is 0.156. The summed E-state index contributed by atoms with van der Waals surface area (Å²) in [6.45, 7) is 14.5. The molecule has 0 spiro atoms. The number of aliphatic hydroxyl groups is 3. The van der Waals surface area contributed by atoms with Crippen molar-refractivity contribution in [3.05, 3.63) is 0 Å². The average Bonchev–Trinajstić information content (AvgIpc) is 2.90. The van der Waals surface area contributed by atoms with Gasteiger partial charge in [-0.2, -0.15) is 0 Å². The Balaban J connectivity index is -0.000000230. The standard InChI is InChI=1S/3C9H18O2.C6H14O3/c3*1-8(2)6-4-3-5-7-9(10)11;1-2-6(3-7,4-8)5-9/h3*8H,3-7H2,1-2H3,(H,10,11);7-9H,2-5H2,1H3. The molecular formula is C33H68O9. The second-order valence-corrected chi connectivity index (χ2v) is 12.5. The van der Waals surface area contributed by atoms with E-state index in [4.69, 9.17) is 30.6 Å². The van der Waals surface area contributed by atoms with Gasteiger partial charge in [0.2, 0.25) is 0 Å². The molecule has 0 bridgehead atoms. The van der Waals surface area contributed by atoms with Crippen molar-refractivity contribution >= 4 is 17.9 Å². The quantitative estimate of drug-likeness (QED) is 0.0685. The molecule has 0 amide bonds. The van der Waals surface area contributed by atoms with Crippen molar-refractivity contribution in [1.29, 1.82) is 0 Å². The van der Waals surface area contributed by atoms with Crippen LogP contribution in [-0.4, -0.2) is 68.4 Å². The van der Waals surface area contributed by atoms with Crippen LogP contribution in [0, 0.1) is 23.2 Å². The summed E-state index contributed by atoms with van der Waals surface area (Å²) in [6.07, 6.45) is 14.5. The first kappa shape index (κ1) is 47.2. The van der Waals surface area contributed by atoms with Gasteiger partial charge in [-0.25, -0.2) is 0 Å². The third-order valence-electron chi connectivity index (χ3n) is 6.77. The maximum atomic E-state index is 10.1. The lowest BCUT2D eigenvalue weighted by Crippen LogP contribution is -2.32. The molecule has 0 unspecified atom stereocenters. The van der Waals surface area contributed by atoms with Crippen LogP contribution in [0.2, 0.25) is 0 Å². The topological polar surface area (TPSA) is 173 Å². The molecule has 0 aromatic heterocycles. The lowest BCUT2D eigenvalue weighted by molar-refractivity contribution is -0.138. The van der Waals surface area contributed by atoms with Crippen LogP contribution in [0.3, 0.4) is 0 Å². The van der Waals surface area contributed by atoms with Gasteiger partial charge in [0.05, 0.1) is 19.8 Å². The molecule has 0 aliphatic carbocycles. The van der Waals surface area contributed by atoms with Crippen LogP contribution in [-0.2, 0) is 14.4 Å². The van der Waals surface area contributed by atoms with Gasteiger partial charge in [-0.15, -0.1) is 0 Å². The highest BCUT2D eigenvalue weighted by Crippen LogP contribution is 2.18. The molecule has 0 rings (SSSR count). The Bertz CT molecular complexity index is 516. The van der Waals surface area contributed by atoms with E-state index in [0.717, 1.165) is 56.3 Å². The van der Waals surface area contributed by atoms with E-state index < -0.39 is 23.3 Å². The summed E-state index contributed by atoms with van der Waals surface area (Å²) in [5.74, 6) is 0.234. The number of unbranched alkanes of at least 4 members (excludes halogenated alkanes) is 6. The molecule has 9 nitrogen and oxygen atoms in total. The Morgan fingerprint density at radius 3 is 0.833 bits per heavy atom. The Morgan fingerprint density at radius 1 is 0.476 bits per heavy atom. The van der Waals surface area contributed by atoms with Crippen LogP contribution in [0.25, 0.3) is 0 Å². The Kier molecular flexibility index (Phi) is 38.0. The maximum absolute atomic E-state index is 10.1. The van der Waals surface area contributed by atoms with Gasteiger partial charge in [0.1, 0.15) is 0 Å². The predicted octanol–water partition coefficient (Wildman–Crippen LogP) is 7.39. The molecule has 0 aromatic rings. The molecule has 0 heterocycles. The van der Waals surface area contributed by atoms with E-state index >= 15 is 0 Å². The van der Waals surface area contributed by atoms with E-state index in [-0.39, 0.29) is 19.8 Å². The van der Waals surface area contributed by atoms with Gasteiger partial charge in [0.15, 0.2) is 0 Å². The highest BCUT2D eigenvalue weighted by atomic mass is 16.4. The van der Waals surface area contributed by atoms with Crippen LogP contribution in [0.4, 0.5) is 0 Å². The van der Waals surface area contributed by atoms with E-state index in [0.29, 0.717) is 25.7 Å². The largest absolute Gasteiger partial charge is 0.481 e. The fourth-order valence-corrected chi connectivity index (χ4v) is 3.50. The Labute approximate surface area is 257 Å². The summed E-state index contributed by atoms with van der Waals surface area (Å²) in [4.78, 5) is 30.3. The zero-order valence-electron chi connectivity index (χ0n) is 28.1. The van der Waals surface area contributed by atoms with Crippen molar-refractivity contribution in [2.45, 2.75) is 151 Å². The van der Waals surface area contributed by atoms with E-state index in [9.17, 15) is 14.4 Å². The highest BCUT2D eigenvalue weighted by Gasteiger charge is 2.24. The van der Waals surface area contributed by atoms with Crippen LogP contribution in [0.5, 0.6) is 0 Å². The second-order valence-electron chi connectivity index (χ2n) is 12.5. The van der Waals surface area contributed by atoms with Crippen LogP contribution in [0.1, 0.15) is 151 Å². The number of rotatable bonds is 22. The summed E-state index contributed by atoms with van der Waals surface area (Å²) in [6, 6.07) is 0. The zero-order valence-corrected chi connectivity index (χ0v) is 28.1. The van der Waals surface area contributed by atoms with Gasteiger partial charge in [0.25, 0.3) is 0 Å². The van der Waals surface area contributed by atoms with Crippen molar-refractivity contribution in [2.75, 3.05) is 19.8 Å². The molecule has 0 saturated carbocycles. The molecule has 9 heteroatoms. The van der Waals surface area contributed by atoms with Crippen LogP contribution in [0.15, 0.2) is 0 Å². The van der Waals surface area contributed by atoms with Gasteiger partial charge >= 0.3 is 17.9 Å². The summed E-state index contributed by atoms with van der Waals surface area (Å²) in [5, 5.41) is 50.9. The number of hydrogen-bond acceptors (Lipinski definition) is 6. The van der Waals surface area contributed by atoms with Crippen molar-refractivity contribution < 1.29 is 45.0 Å². The summed E-state index contributed by atoms with van der Waals surface area (Å²) >= 11 is 0. The molecule has 0 aliphatic rings. The van der Waals surface area contributed by atoms with Crippen LogP contribution < -0.4 is 0 Å². The molecule has 0 atom stereocenters. The van der Waals surface area contributed by atoms with E-state index in [1.54, 1.807) is 0 Å². The minimum atomic E-state index is -0.672. The number of carboxylic acid groups (broad SMARTS) is 3. The van der Waals surface area contributed by atoms with Gasteiger partial charge in [-0.1, -0.05) is 106 Å².